The molecule has 1 aromatic carbocycles. The molecule has 0 radical (unpaired) electrons. The van der Waals surface area contributed by atoms with E-state index in [9.17, 15) is 13.2 Å². The summed E-state index contributed by atoms with van der Waals surface area (Å²) in [6.45, 7) is 2.17. The highest BCUT2D eigenvalue weighted by Gasteiger charge is 2.12. The van der Waals surface area contributed by atoms with Gasteiger partial charge in [0.05, 0.1) is 10.2 Å². The number of rotatable bonds is 7. The summed E-state index contributed by atoms with van der Waals surface area (Å²) in [6.07, 6.45) is 0.886. The summed E-state index contributed by atoms with van der Waals surface area (Å²) in [7, 11) is -3.45. The molecule has 18 heavy (non-hydrogen) atoms. The van der Waals surface area contributed by atoms with Crippen LogP contribution in [0.25, 0.3) is 0 Å². The maximum atomic E-state index is 11.9. The Balaban J connectivity index is 2.50. The molecule has 6 heteroatoms. The van der Waals surface area contributed by atoms with E-state index >= 15 is 0 Å². The molecular formula is C12H16BrNO3S. The van der Waals surface area contributed by atoms with Gasteiger partial charge in [0.1, 0.15) is 5.78 Å². The van der Waals surface area contributed by atoms with Gasteiger partial charge in [0.15, 0.2) is 0 Å². The monoisotopic (exact) mass is 333 g/mol. The minimum atomic E-state index is -3.45. The van der Waals surface area contributed by atoms with Crippen molar-refractivity contribution in [2.24, 2.45) is 0 Å². The van der Waals surface area contributed by atoms with Crippen molar-refractivity contribution in [3.05, 3.63) is 29.8 Å². The Morgan fingerprint density at radius 1 is 1.28 bits per heavy atom. The molecule has 0 aliphatic rings. The predicted octanol–water partition coefficient (Wildman–Crippen LogP) is 2.02. The molecular weight excluding hydrogens is 318 g/mol. The van der Waals surface area contributed by atoms with Gasteiger partial charge in [-0.15, -0.1) is 0 Å². The van der Waals surface area contributed by atoms with Crippen LogP contribution in [0, 0.1) is 6.92 Å². The van der Waals surface area contributed by atoms with E-state index in [4.69, 9.17) is 0 Å². The lowest BCUT2D eigenvalue weighted by molar-refractivity contribution is -0.116. The molecule has 1 N–H and O–H groups in total. The Morgan fingerprint density at radius 2 is 1.89 bits per heavy atom. The largest absolute Gasteiger partial charge is 0.299 e. The fourth-order valence-electron chi connectivity index (χ4n) is 1.36. The third-order valence-corrected chi connectivity index (χ3v) is 4.51. The molecule has 100 valence electrons. The summed E-state index contributed by atoms with van der Waals surface area (Å²) < 4.78 is 26.2. The highest BCUT2D eigenvalue weighted by Crippen LogP contribution is 2.09. The summed E-state index contributed by atoms with van der Waals surface area (Å²) in [5.41, 5.74) is 1.01. The van der Waals surface area contributed by atoms with E-state index in [1.54, 1.807) is 24.3 Å². The summed E-state index contributed by atoms with van der Waals surface area (Å²) >= 11 is 3.06. The second kappa shape index (κ2) is 7.01. The van der Waals surface area contributed by atoms with Gasteiger partial charge in [-0.25, -0.2) is 13.1 Å². The van der Waals surface area contributed by atoms with Gasteiger partial charge in [-0.1, -0.05) is 33.6 Å². The maximum absolute atomic E-state index is 11.9. The molecule has 0 unspecified atom stereocenters. The predicted molar refractivity (Wildman–Crippen MR) is 74.4 cm³/mol. The van der Waals surface area contributed by atoms with Crippen LogP contribution in [0.15, 0.2) is 29.2 Å². The molecule has 0 heterocycles. The first-order chi connectivity index (χ1) is 8.45. The van der Waals surface area contributed by atoms with E-state index in [0.29, 0.717) is 18.2 Å². The van der Waals surface area contributed by atoms with Crippen LogP contribution in [-0.2, 0) is 14.8 Å². The summed E-state index contributed by atoms with van der Waals surface area (Å²) in [5, 5.41) is 0.317. The van der Waals surface area contributed by atoms with E-state index in [2.05, 4.69) is 20.7 Å². The van der Waals surface area contributed by atoms with Gasteiger partial charge in [0, 0.05) is 13.0 Å². The van der Waals surface area contributed by atoms with Crippen LogP contribution in [0.4, 0.5) is 0 Å². The standard InChI is InChI=1S/C12H16BrNO3S/c1-10-4-6-12(7-5-10)18(16,17)14-8-2-3-11(15)9-13/h4-7,14H,2-3,8-9H2,1H3. The third-order valence-electron chi connectivity index (χ3n) is 2.40. The number of Topliss-reactive ketones (excluding diaryl/α,β-unsaturated/α-hetero) is 1. The lowest BCUT2D eigenvalue weighted by atomic mass is 10.2. The Bertz CT molecular complexity index is 497. The second-order valence-corrected chi connectivity index (χ2v) is 6.31. The number of halogens is 1. The first-order valence-corrected chi connectivity index (χ1v) is 8.20. The molecule has 0 saturated carbocycles. The fraction of sp³-hybridized carbons (Fsp3) is 0.417. The molecule has 0 saturated heterocycles. The number of nitrogens with one attached hydrogen (secondary N) is 1. The highest BCUT2D eigenvalue weighted by molar-refractivity contribution is 9.09. The van der Waals surface area contributed by atoms with Crippen LogP contribution in [0.5, 0.6) is 0 Å². The average Bonchev–Trinajstić information content (AvgIpc) is 2.35. The van der Waals surface area contributed by atoms with Gasteiger partial charge in [0.2, 0.25) is 10.0 Å². The van der Waals surface area contributed by atoms with Crippen molar-refractivity contribution in [3.8, 4) is 0 Å². The summed E-state index contributed by atoms with van der Waals surface area (Å²) in [4.78, 5) is 11.3. The number of benzene rings is 1. The van der Waals surface area contributed by atoms with Crippen molar-refractivity contribution in [3.63, 3.8) is 0 Å². The smallest absolute Gasteiger partial charge is 0.240 e. The number of hydrogen-bond donors (Lipinski definition) is 1. The third kappa shape index (κ3) is 4.88. The SMILES string of the molecule is Cc1ccc(S(=O)(=O)NCCCC(=O)CBr)cc1. The quantitative estimate of drug-likeness (QED) is 0.613. The van der Waals surface area contributed by atoms with E-state index in [-0.39, 0.29) is 17.2 Å². The maximum Gasteiger partial charge on any atom is 0.240 e. The first-order valence-electron chi connectivity index (χ1n) is 5.59. The highest BCUT2D eigenvalue weighted by atomic mass is 79.9. The number of alkyl halides is 1. The lowest BCUT2D eigenvalue weighted by Gasteiger charge is -2.06. The molecule has 0 aliphatic carbocycles. The lowest BCUT2D eigenvalue weighted by Crippen LogP contribution is -2.25. The molecule has 0 fully saturated rings. The molecule has 0 amide bonds. The molecule has 0 aliphatic heterocycles. The summed E-state index contributed by atoms with van der Waals surface area (Å²) in [5.74, 6) is 0.0736. The summed E-state index contributed by atoms with van der Waals surface area (Å²) in [6, 6.07) is 6.65. The first kappa shape index (κ1) is 15.3. The van der Waals surface area contributed by atoms with E-state index in [1.807, 2.05) is 6.92 Å². The average molecular weight is 334 g/mol. The van der Waals surface area contributed by atoms with Crippen molar-refractivity contribution in [2.75, 3.05) is 11.9 Å². The molecule has 0 aromatic heterocycles. The minimum Gasteiger partial charge on any atom is -0.299 e. The zero-order valence-electron chi connectivity index (χ0n) is 10.1. The van der Waals surface area contributed by atoms with Gasteiger partial charge in [-0.3, -0.25) is 4.79 Å². The van der Waals surface area contributed by atoms with E-state index in [0.717, 1.165) is 5.56 Å². The molecule has 0 bridgehead atoms. The van der Waals surface area contributed by atoms with Crippen LogP contribution in [0.1, 0.15) is 18.4 Å². The minimum absolute atomic E-state index is 0.0736. The number of carbonyl (C=O) groups excluding carboxylic acids is 1. The molecule has 1 aromatic rings. The van der Waals surface area contributed by atoms with Gasteiger partial charge < -0.3 is 0 Å². The van der Waals surface area contributed by atoms with Crippen LogP contribution in [-0.4, -0.2) is 26.1 Å². The Hall–Kier alpha value is -0.720. The number of ketones is 1. The Kier molecular flexibility index (Phi) is 5.98. The van der Waals surface area contributed by atoms with Gasteiger partial charge in [0.25, 0.3) is 0 Å². The van der Waals surface area contributed by atoms with Crippen molar-refractivity contribution >= 4 is 31.7 Å². The van der Waals surface area contributed by atoms with Crippen molar-refractivity contribution in [1.82, 2.24) is 4.72 Å². The normalized spacial score (nSPS) is 11.4. The second-order valence-electron chi connectivity index (χ2n) is 3.99. The van der Waals surface area contributed by atoms with E-state index < -0.39 is 10.0 Å². The number of sulfonamides is 1. The molecule has 1 rings (SSSR count). The van der Waals surface area contributed by atoms with Gasteiger partial charge in [-0.05, 0) is 25.5 Å². The fourth-order valence-corrected chi connectivity index (χ4v) is 2.71. The van der Waals surface area contributed by atoms with Crippen LogP contribution in [0.2, 0.25) is 0 Å². The zero-order valence-corrected chi connectivity index (χ0v) is 12.6. The van der Waals surface area contributed by atoms with Crippen molar-refractivity contribution < 1.29 is 13.2 Å². The topological polar surface area (TPSA) is 63.2 Å². The van der Waals surface area contributed by atoms with Crippen molar-refractivity contribution in [2.45, 2.75) is 24.7 Å². The molecule has 0 atom stereocenters. The molecule has 0 spiro atoms. The number of hydrogen-bond acceptors (Lipinski definition) is 3. The van der Waals surface area contributed by atoms with Gasteiger partial charge in [-0.2, -0.15) is 0 Å². The van der Waals surface area contributed by atoms with Crippen LogP contribution >= 0.6 is 15.9 Å². The van der Waals surface area contributed by atoms with Gasteiger partial charge >= 0.3 is 0 Å². The van der Waals surface area contributed by atoms with Crippen LogP contribution in [0.3, 0.4) is 0 Å². The number of aryl methyl sites for hydroxylation is 1. The zero-order chi connectivity index (χ0) is 13.6. The Labute approximate surface area is 116 Å². The van der Waals surface area contributed by atoms with Crippen LogP contribution < -0.4 is 4.72 Å². The Morgan fingerprint density at radius 3 is 2.44 bits per heavy atom. The van der Waals surface area contributed by atoms with E-state index in [1.165, 1.54) is 0 Å². The molecule has 4 nitrogen and oxygen atoms in total. The van der Waals surface area contributed by atoms with Crippen molar-refractivity contribution in [1.29, 1.82) is 0 Å². The number of carbonyl (C=O) groups is 1.